The first-order valence-electron chi connectivity index (χ1n) is 3.56. The van der Waals surface area contributed by atoms with Gasteiger partial charge in [-0.25, -0.2) is 0 Å². The molecule has 2 heterocycles. The Kier molecular flexibility index (Phi) is 1.26. The van der Waals surface area contributed by atoms with E-state index in [0.717, 1.165) is 0 Å². The van der Waals surface area contributed by atoms with Crippen LogP contribution in [-0.4, -0.2) is 25.2 Å². The second-order valence-corrected chi connectivity index (χ2v) is 3.02. The summed E-state index contributed by atoms with van der Waals surface area (Å²) in [5.41, 5.74) is -0.614. The standard InChI is InChI=1S/C7H8O4/c8-5-3-7(6(9)11-5)1-2-10-4-7/h1-4H2/t7-/m0/s1. The monoisotopic (exact) mass is 156 g/mol. The molecule has 0 radical (unpaired) electrons. The molecule has 4 nitrogen and oxygen atoms in total. The van der Waals surface area contributed by atoms with Crippen LogP contribution in [0.3, 0.4) is 0 Å². The van der Waals surface area contributed by atoms with Crippen molar-refractivity contribution in [3.8, 4) is 0 Å². The van der Waals surface area contributed by atoms with Gasteiger partial charge in [0.15, 0.2) is 0 Å². The van der Waals surface area contributed by atoms with Crippen LogP contribution < -0.4 is 0 Å². The van der Waals surface area contributed by atoms with Gasteiger partial charge in [-0.05, 0) is 6.42 Å². The number of ether oxygens (including phenoxy) is 2. The van der Waals surface area contributed by atoms with Gasteiger partial charge in [-0.1, -0.05) is 0 Å². The molecule has 11 heavy (non-hydrogen) atoms. The summed E-state index contributed by atoms with van der Waals surface area (Å²) >= 11 is 0. The predicted molar refractivity (Wildman–Crippen MR) is 33.6 cm³/mol. The molecule has 0 unspecified atom stereocenters. The molecule has 1 atom stereocenters. The third kappa shape index (κ3) is 0.860. The van der Waals surface area contributed by atoms with Crippen LogP contribution >= 0.6 is 0 Å². The van der Waals surface area contributed by atoms with Crippen LogP contribution in [0.25, 0.3) is 0 Å². The Hall–Kier alpha value is -0.900. The fourth-order valence-electron chi connectivity index (χ4n) is 1.50. The SMILES string of the molecule is O=C1C[C@]2(CCOC2)C(=O)O1. The minimum atomic E-state index is -0.614. The predicted octanol–water partition coefficient (Wildman–Crippen LogP) is -0.133. The zero-order valence-corrected chi connectivity index (χ0v) is 5.96. The van der Waals surface area contributed by atoms with Crippen LogP contribution in [0.5, 0.6) is 0 Å². The molecular weight excluding hydrogens is 148 g/mol. The molecule has 2 saturated heterocycles. The zero-order valence-electron chi connectivity index (χ0n) is 5.96. The average molecular weight is 156 g/mol. The van der Waals surface area contributed by atoms with Crippen molar-refractivity contribution in [2.24, 2.45) is 5.41 Å². The molecule has 0 aromatic rings. The number of hydrogen-bond donors (Lipinski definition) is 0. The number of esters is 2. The van der Waals surface area contributed by atoms with Crippen LogP contribution in [-0.2, 0) is 19.1 Å². The number of cyclic esters (lactones) is 2. The third-order valence-electron chi connectivity index (χ3n) is 2.23. The Bertz CT molecular complexity index is 214. The molecule has 0 bridgehead atoms. The van der Waals surface area contributed by atoms with E-state index in [2.05, 4.69) is 4.74 Å². The Labute approximate surface area is 63.5 Å². The van der Waals surface area contributed by atoms with Gasteiger partial charge in [0.2, 0.25) is 0 Å². The van der Waals surface area contributed by atoms with Gasteiger partial charge in [-0.3, -0.25) is 9.59 Å². The lowest BCUT2D eigenvalue weighted by Gasteiger charge is -2.11. The van der Waals surface area contributed by atoms with Crippen molar-refractivity contribution in [3.63, 3.8) is 0 Å². The second kappa shape index (κ2) is 2.04. The van der Waals surface area contributed by atoms with Gasteiger partial charge in [0.1, 0.15) is 5.41 Å². The highest BCUT2D eigenvalue weighted by Gasteiger charge is 2.51. The second-order valence-electron chi connectivity index (χ2n) is 3.02. The van der Waals surface area contributed by atoms with Gasteiger partial charge < -0.3 is 9.47 Å². The summed E-state index contributed by atoms with van der Waals surface area (Å²) in [6, 6.07) is 0. The lowest BCUT2D eigenvalue weighted by molar-refractivity contribution is -0.155. The van der Waals surface area contributed by atoms with Gasteiger partial charge in [0.25, 0.3) is 0 Å². The maximum absolute atomic E-state index is 11.1. The van der Waals surface area contributed by atoms with Crippen molar-refractivity contribution in [2.75, 3.05) is 13.2 Å². The van der Waals surface area contributed by atoms with E-state index in [-0.39, 0.29) is 6.42 Å². The summed E-state index contributed by atoms with van der Waals surface area (Å²) in [6.45, 7) is 0.903. The smallest absolute Gasteiger partial charge is 0.322 e. The first-order chi connectivity index (χ1) is 5.23. The molecule has 0 amide bonds. The fourth-order valence-corrected chi connectivity index (χ4v) is 1.50. The van der Waals surface area contributed by atoms with Gasteiger partial charge in [0, 0.05) is 6.61 Å². The highest BCUT2D eigenvalue weighted by molar-refractivity contribution is 5.97. The molecular formula is C7H8O4. The lowest BCUT2D eigenvalue weighted by Crippen LogP contribution is -2.26. The molecule has 0 N–H and O–H groups in total. The van der Waals surface area contributed by atoms with Crippen LogP contribution in [0.1, 0.15) is 12.8 Å². The normalized spacial score (nSPS) is 36.7. The van der Waals surface area contributed by atoms with Crippen LogP contribution in [0.4, 0.5) is 0 Å². The highest BCUT2D eigenvalue weighted by atomic mass is 16.6. The van der Waals surface area contributed by atoms with Crippen molar-refractivity contribution in [3.05, 3.63) is 0 Å². The Balaban J connectivity index is 2.24. The summed E-state index contributed by atoms with van der Waals surface area (Å²) in [5, 5.41) is 0. The van der Waals surface area contributed by atoms with Crippen LogP contribution in [0.15, 0.2) is 0 Å². The molecule has 0 aromatic carbocycles. The highest BCUT2D eigenvalue weighted by Crippen LogP contribution is 2.38. The zero-order chi connectivity index (χ0) is 7.90. The number of hydrogen-bond acceptors (Lipinski definition) is 4. The topological polar surface area (TPSA) is 52.6 Å². The summed E-state index contributed by atoms with van der Waals surface area (Å²) < 4.78 is 9.49. The van der Waals surface area contributed by atoms with E-state index < -0.39 is 17.4 Å². The molecule has 1 spiro atoms. The maximum atomic E-state index is 11.1. The molecule has 60 valence electrons. The quantitative estimate of drug-likeness (QED) is 0.362. The summed E-state index contributed by atoms with van der Waals surface area (Å²) in [5.74, 6) is -0.819. The van der Waals surface area contributed by atoms with E-state index in [1.54, 1.807) is 0 Å². The average Bonchev–Trinajstić information content (AvgIpc) is 2.45. The van der Waals surface area contributed by atoms with Crippen molar-refractivity contribution in [1.29, 1.82) is 0 Å². The van der Waals surface area contributed by atoms with Gasteiger partial charge in [0.05, 0.1) is 13.0 Å². The van der Waals surface area contributed by atoms with Crippen molar-refractivity contribution in [2.45, 2.75) is 12.8 Å². The summed E-state index contributed by atoms with van der Waals surface area (Å²) in [6.07, 6.45) is 0.823. The molecule has 2 rings (SSSR count). The number of rotatable bonds is 0. The molecule has 2 aliphatic heterocycles. The van der Waals surface area contributed by atoms with Crippen molar-refractivity contribution >= 4 is 11.9 Å². The largest absolute Gasteiger partial charge is 0.393 e. The Morgan fingerprint density at radius 3 is 2.64 bits per heavy atom. The molecule has 4 heteroatoms. The lowest BCUT2D eigenvalue weighted by atomic mass is 9.86. The minimum absolute atomic E-state index is 0.200. The number of carbonyl (C=O) groups excluding carboxylic acids is 2. The van der Waals surface area contributed by atoms with Gasteiger partial charge in [-0.2, -0.15) is 0 Å². The minimum Gasteiger partial charge on any atom is -0.393 e. The van der Waals surface area contributed by atoms with E-state index in [9.17, 15) is 9.59 Å². The molecule has 2 fully saturated rings. The van der Waals surface area contributed by atoms with E-state index in [1.807, 2.05) is 0 Å². The molecule has 0 aromatic heterocycles. The molecule has 2 aliphatic rings. The summed E-state index contributed by atoms with van der Waals surface area (Å²) in [4.78, 5) is 21.8. The first kappa shape index (κ1) is 6.79. The first-order valence-corrected chi connectivity index (χ1v) is 3.56. The van der Waals surface area contributed by atoms with E-state index >= 15 is 0 Å². The van der Waals surface area contributed by atoms with Crippen LogP contribution in [0.2, 0.25) is 0 Å². The Morgan fingerprint density at radius 1 is 1.36 bits per heavy atom. The van der Waals surface area contributed by atoms with Crippen LogP contribution in [0, 0.1) is 5.41 Å². The fraction of sp³-hybridized carbons (Fsp3) is 0.714. The number of carbonyl (C=O) groups is 2. The van der Waals surface area contributed by atoms with Gasteiger partial charge in [-0.15, -0.1) is 0 Å². The van der Waals surface area contributed by atoms with Crippen molar-refractivity contribution in [1.82, 2.24) is 0 Å². The summed E-state index contributed by atoms with van der Waals surface area (Å²) in [7, 11) is 0. The third-order valence-corrected chi connectivity index (χ3v) is 2.23. The van der Waals surface area contributed by atoms with E-state index in [4.69, 9.17) is 4.74 Å². The molecule has 0 aliphatic carbocycles. The van der Waals surface area contributed by atoms with Gasteiger partial charge >= 0.3 is 11.9 Å². The van der Waals surface area contributed by atoms with E-state index in [0.29, 0.717) is 19.6 Å². The maximum Gasteiger partial charge on any atom is 0.322 e. The molecule has 0 saturated carbocycles. The van der Waals surface area contributed by atoms with Crippen molar-refractivity contribution < 1.29 is 19.1 Å². The Morgan fingerprint density at radius 2 is 2.18 bits per heavy atom. The van der Waals surface area contributed by atoms with E-state index in [1.165, 1.54) is 0 Å².